The van der Waals surface area contributed by atoms with Gasteiger partial charge in [-0.2, -0.15) is 0 Å². The van der Waals surface area contributed by atoms with Gasteiger partial charge in [0.05, 0.1) is 18.5 Å². The Morgan fingerprint density at radius 2 is 1.24 bits per heavy atom. The standard InChI is InChI=1S/C10H15O3P.3CO.Cr/c1-3-12-14(11,13-4-2)10-8-6-5-7-9-10;3*1-2;/h5-9H,3-4H2,1-2H3;;;;. The van der Waals surface area contributed by atoms with Crippen molar-refractivity contribution >= 4 is 12.9 Å². The van der Waals surface area contributed by atoms with Gasteiger partial charge in [-0.05, 0) is 26.0 Å². The summed E-state index contributed by atoms with van der Waals surface area (Å²) in [7, 11) is -3.07. The predicted molar refractivity (Wildman–Crippen MR) is 68.7 cm³/mol. The molecule has 0 aliphatic carbocycles. The molecule has 0 radical (unpaired) electrons. The van der Waals surface area contributed by atoms with Gasteiger partial charge in [-0.25, -0.2) is 0 Å². The van der Waals surface area contributed by atoms with Gasteiger partial charge < -0.3 is 9.05 Å². The second-order valence-corrected chi connectivity index (χ2v) is 4.70. The minimum absolute atomic E-state index is 0. The van der Waals surface area contributed by atoms with E-state index in [1.54, 1.807) is 26.0 Å². The molecule has 0 heterocycles. The molecule has 1 aromatic carbocycles. The van der Waals surface area contributed by atoms with E-state index in [9.17, 15) is 4.57 Å². The van der Waals surface area contributed by atoms with E-state index in [0.717, 1.165) is 0 Å². The molecule has 21 heavy (non-hydrogen) atoms. The van der Waals surface area contributed by atoms with Crippen LogP contribution in [0.15, 0.2) is 30.3 Å². The molecule has 1 aromatic rings. The summed E-state index contributed by atoms with van der Waals surface area (Å²) < 4.78 is 45.0. The zero-order valence-corrected chi connectivity index (χ0v) is 13.8. The number of hydrogen-bond donors (Lipinski definition) is 0. The molecule has 0 amide bonds. The van der Waals surface area contributed by atoms with Gasteiger partial charge in [0.2, 0.25) is 0 Å². The molecule has 8 heteroatoms. The van der Waals surface area contributed by atoms with Crippen LogP contribution in [-0.4, -0.2) is 13.2 Å². The van der Waals surface area contributed by atoms with Crippen molar-refractivity contribution in [3.63, 3.8) is 0 Å². The molecule has 0 aliphatic heterocycles. The molecular weight excluding hydrogens is 335 g/mol. The van der Waals surface area contributed by atoms with Crippen molar-refractivity contribution in [3.8, 4) is 0 Å². The van der Waals surface area contributed by atoms with Crippen LogP contribution < -0.4 is 5.30 Å². The Labute approximate surface area is 135 Å². The predicted octanol–water partition coefficient (Wildman–Crippen LogP) is 2.46. The molecule has 0 spiro atoms. The molecule has 114 valence electrons. The van der Waals surface area contributed by atoms with Crippen molar-refractivity contribution in [2.75, 3.05) is 13.2 Å². The quantitative estimate of drug-likeness (QED) is 0.464. The van der Waals surface area contributed by atoms with E-state index >= 15 is 0 Å². The normalized spacial score (nSPS) is 8.00. The van der Waals surface area contributed by atoms with E-state index in [-0.39, 0.29) is 17.4 Å². The van der Waals surface area contributed by atoms with Gasteiger partial charge in [-0.3, -0.25) is 4.57 Å². The minimum atomic E-state index is -3.07. The monoisotopic (exact) mass is 350 g/mol. The van der Waals surface area contributed by atoms with Crippen LogP contribution in [0.5, 0.6) is 0 Å². The first kappa shape index (κ1) is 28.3. The largest absolute Gasteiger partial charge is 0 e. The number of rotatable bonds is 5. The van der Waals surface area contributed by atoms with E-state index in [0.29, 0.717) is 18.5 Å². The molecule has 0 saturated heterocycles. The fraction of sp³-hybridized carbons (Fsp3) is 0.308. The van der Waals surface area contributed by atoms with Crippen molar-refractivity contribution in [2.24, 2.45) is 0 Å². The molecule has 1 rings (SSSR count). The first-order valence-electron chi connectivity index (χ1n) is 5.29. The Morgan fingerprint density at radius 1 is 0.905 bits per heavy atom. The maximum atomic E-state index is 12.2. The smallest absolute Gasteiger partial charge is 0 e. The van der Waals surface area contributed by atoms with Gasteiger partial charge >= 0.3 is 41.5 Å². The zero-order valence-electron chi connectivity index (χ0n) is 11.6. The summed E-state index contributed by atoms with van der Waals surface area (Å²) in [6.45, 7) is 17.9. The molecule has 0 N–H and O–H groups in total. The average Bonchev–Trinajstić information content (AvgIpc) is 2.54. The van der Waals surface area contributed by atoms with Crippen LogP contribution in [0.1, 0.15) is 13.8 Å². The van der Waals surface area contributed by atoms with Crippen molar-refractivity contribution in [2.45, 2.75) is 13.8 Å². The van der Waals surface area contributed by atoms with Gasteiger partial charge in [0, 0.05) is 17.4 Å². The maximum absolute atomic E-state index is 12.2. The summed E-state index contributed by atoms with van der Waals surface area (Å²) in [6, 6.07) is 9.02. The number of hydrogen-bond acceptors (Lipinski definition) is 3. The number of benzene rings is 1. The maximum Gasteiger partial charge on any atom is 0 e. The van der Waals surface area contributed by atoms with Gasteiger partial charge in [-0.1, -0.05) is 18.2 Å². The molecule has 0 unspecified atom stereocenters. The Bertz CT molecular complexity index is 405. The summed E-state index contributed by atoms with van der Waals surface area (Å²) in [4.78, 5) is 0. The summed E-state index contributed by atoms with van der Waals surface area (Å²) in [5.74, 6) is 0. The zero-order chi connectivity index (χ0) is 16.4. The topological polar surface area (TPSA) is 95.2 Å². The molecule has 0 atom stereocenters. The van der Waals surface area contributed by atoms with Crippen LogP contribution >= 0.6 is 7.60 Å². The van der Waals surface area contributed by atoms with E-state index in [1.807, 2.05) is 18.2 Å². The van der Waals surface area contributed by atoms with Crippen LogP contribution in [0.3, 0.4) is 0 Å². The molecule has 0 fully saturated rings. The van der Waals surface area contributed by atoms with Gasteiger partial charge in [-0.15, -0.1) is 0 Å². The van der Waals surface area contributed by atoms with Gasteiger partial charge in [0.15, 0.2) is 0 Å². The van der Waals surface area contributed by atoms with Gasteiger partial charge in [0.25, 0.3) is 0 Å². The summed E-state index contributed by atoms with van der Waals surface area (Å²) in [6.07, 6.45) is 0. The molecule has 0 bridgehead atoms. The molecular formula is C13H15CrO6P. The fourth-order valence-electron chi connectivity index (χ4n) is 1.14. The third-order valence-electron chi connectivity index (χ3n) is 1.67. The second kappa shape index (κ2) is 21.4. The van der Waals surface area contributed by atoms with E-state index in [2.05, 4.69) is 20.0 Å². The van der Waals surface area contributed by atoms with Crippen molar-refractivity contribution in [1.82, 2.24) is 0 Å². The molecule has 0 aliphatic rings. The summed E-state index contributed by atoms with van der Waals surface area (Å²) in [5, 5.41) is 0.615. The van der Waals surface area contributed by atoms with Crippen LogP contribution in [-0.2, 0) is 44.9 Å². The minimum Gasteiger partial charge on any atom is 0 e. The van der Waals surface area contributed by atoms with Crippen molar-refractivity contribution < 1.29 is 44.9 Å². The van der Waals surface area contributed by atoms with Crippen LogP contribution in [0.4, 0.5) is 0 Å². The first-order chi connectivity index (χ1) is 9.73. The van der Waals surface area contributed by atoms with Gasteiger partial charge in [0.1, 0.15) is 0 Å². The average molecular weight is 350 g/mol. The Kier molecular flexibility index (Phi) is 28.9. The Hall–Kier alpha value is -0.878. The Morgan fingerprint density at radius 3 is 1.52 bits per heavy atom. The third kappa shape index (κ3) is 12.6. The van der Waals surface area contributed by atoms with Crippen molar-refractivity contribution in [3.05, 3.63) is 50.3 Å². The third-order valence-corrected chi connectivity index (χ3v) is 3.80. The second-order valence-electron chi connectivity index (χ2n) is 2.67. The summed E-state index contributed by atoms with van der Waals surface area (Å²) >= 11 is 0. The Balaban J connectivity index is -0.000000183. The SMILES string of the molecule is CCOP(=O)(OCC)c1ccccc1.[C-]#[O+].[C-]#[O+].[C-]#[O+].[Cr]. The van der Waals surface area contributed by atoms with E-state index in [4.69, 9.17) is 23.0 Å². The molecule has 0 aromatic heterocycles. The van der Waals surface area contributed by atoms with E-state index in [1.165, 1.54) is 0 Å². The van der Waals surface area contributed by atoms with E-state index < -0.39 is 7.60 Å². The van der Waals surface area contributed by atoms with Crippen molar-refractivity contribution in [1.29, 1.82) is 0 Å². The van der Waals surface area contributed by atoms with Crippen LogP contribution in [0, 0.1) is 20.0 Å². The molecule has 6 nitrogen and oxygen atoms in total. The summed E-state index contributed by atoms with van der Waals surface area (Å²) in [5.41, 5.74) is 0. The molecule has 0 saturated carbocycles. The first-order valence-corrected chi connectivity index (χ1v) is 6.83. The van der Waals surface area contributed by atoms with Crippen LogP contribution in [0.25, 0.3) is 0 Å². The fourth-order valence-corrected chi connectivity index (χ4v) is 2.73. The van der Waals surface area contributed by atoms with Crippen LogP contribution in [0.2, 0.25) is 0 Å².